The molecule has 1 aliphatic rings. The molecule has 3 aromatic rings. The number of likely N-dealkylation sites (tertiary alicyclic amines) is 1. The van der Waals surface area contributed by atoms with Gasteiger partial charge in [-0.1, -0.05) is 5.16 Å². The van der Waals surface area contributed by atoms with Crippen LogP contribution < -0.4 is 0 Å². The van der Waals surface area contributed by atoms with Crippen LogP contribution in [0.3, 0.4) is 0 Å². The van der Waals surface area contributed by atoms with Gasteiger partial charge in [0, 0.05) is 37.7 Å². The number of carbonyl (C=O) groups is 1. The fourth-order valence-electron chi connectivity index (χ4n) is 4.25. The van der Waals surface area contributed by atoms with E-state index in [2.05, 4.69) is 15.2 Å². The lowest BCUT2D eigenvalue weighted by Gasteiger charge is -2.32. The maximum absolute atomic E-state index is 13.7. The van der Waals surface area contributed by atoms with E-state index in [9.17, 15) is 18.0 Å². The molecule has 0 aliphatic carbocycles. The number of halogens is 3. The van der Waals surface area contributed by atoms with Crippen LogP contribution in [0.1, 0.15) is 53.5 Å². The molecular formula is C21H24F3N5O2. The van der Waals surface area contributed by atoms with Crippen LogP contribution in [0.15, 0.2) is 16.7 Å². The second-order valence-electron chi connectivity index (χ2n) is 8.12. The number of fused-ring (bicyclic) bond motifs is 1. The normalized spacial score (nSPS) is 17.5. The van der Waals surface area contributed by atoms with Gasteiger partial charge in [-0.25, -0.2) is 4.98 Å². The second-order valence-corrected chi connectivity index (χ2v) is 8.12. The predicted molar refractivity (Wildman–Crippen MR) is 106 cm³/mol. The van der Waals surface area contributed by atoms with Crippen molar-refractivity contribution in [3.63, 3.8) is 0 Å². The van der Waals surface area contributed by atoms with Gasteiger partial charge in [0.1, 0.15) is 0 Å². The van der Waals surface area contributed by atoms with Crippen LogP contribution in [-0.4, -0.2) is 43.8 Å². The Labute approximate surface area is 177 Å². The number of piperidine rings is 1. The van der Waals surface area contributed by atoms with Gasteiger partial charge in [0.25, 0.3) is 5.71 Å². The summed E-state index contributed by atoms with van der Waals surface area (Å²) in [7, 11) is 0. The van der Waals surface area contributed by atoms with Gasteiger partial charge in [-0.3, -0.25) is 9.48 Å². The van der Waals surface area contributed by atoms with Crippen molar-refractivity contribution in [2.24, 2.45) is 0 Å². The molecule has 31 heavy (non-hydrogen) atoms. The molecule has 0 saturated carbocycles. The van der Waals surface area contributed by atoms with Gasteiger partial charge in [-0.05, 0) is 45.7 Å². The molecule has 4 heterocycles. The van der Waals surface area contributed by atoms with Gasteiger partial charge in [0.05, 0.1) is 28.0 Å². The van der Waals surface area contributed by atoms with E-state index in [0.717, 1.165) is 17.5 Å². The standard InChI is InChI=1S/C21H24F3N5O2/c1-12-9-13(2)29(26-12)8-6-18(30)28-7-4-5-15(11-28)17-10-16(21(22,23)24)19-14(3)27-31-20(19)25-17/h9-10,15H,4-8,11H2,1-3H3. The minimum absolute atomic E-state index is 0.0371. The van der Waals surface area contributed by atoms with Crippen molar-refractivity contribution in [3.05, 3.63) is 40.5 Å². The molecule has 0 radical (unpaired) electrons. The van der Waals surface area contributed by atoms with E-state index in [0.29, 0.717) is 32.5 Å². The first-order chi connectivity index (χ1) is 14.6. The van der Waals surface area contributed by atoms with E-state index in [-0.39, 0.29) is 40.7 Å². The Morgan fingerprint density at radius 3 is 2.71 bits per heavy atom. The maximum atomic E-state index is 13.7. The van der Waals surface area contributed by atoms with E-state index >= 15 is 0 Å². The summed E-state index contributed by atoms with van der Waals surface area (Å²) in [4.78, 5) is 18.8. The minimum atomic E-state index is -4.55. The van der Waals surface area contributed by atoms with Crippen LogP contribution >= 0.6 is 0 Å². The van der Waals surface area contributed by atoms with Gasteiger partial charge in [0.2, 0.25) is 5.91 Å². The molecule has 166 valence electrons. The third kappa shape index (κ3) is 4.28. The summed E-state index contributed by atoms with van der Waals surface area (Å²) < 4.78 is 47.8. The highest BCUT2D eigenvalue weighted by Gasteiger charge is 2.37. The molecule has 1 aliphatic heterocycles. The third-order valence-corrected chi connectivity index (χ3v) is 5.78. The molecule has 1 atom stereocenters. The van der Waals surface area contributed by atoms with E-state index < -0.39 is 11.7 Å². The Kier molecular flexibility index (Phi) is 5.49. The molecule has 7 nitrogen and oxygen atoms in total. The lowest BCUT2D eigenvalue weighted by atomic mass is 9.92. The van der Waals surface area contributed by atoms with Crippen molar-refractivity contribution in [2.75, 3.05) is 13.1 Å². The van der Waals surface area contributed by atoms with Gasteiger partial charge in [0.15, 0.2) is 0 Å². The van der Waals surface area contributed by atoms with Crippen molar-refractivity contribution in [3.8, 4) is 0 Å². The Morgan fingerprint density at radius 2 is 2.03 bits per heavy atom. The number of pyridine rings is 1. The molecule has 1 fully saturated rings. The number of rotatable bonds is 4. The van der Waals surface area contributed by atoms with Gasteiger partial charge >= 0.3 is 6.18 Å². The maximum Gasteiger partial charge on any atom is 0.417 e. The summed E-state index contributed by atoms with van der Waals surface area (Å²) >= 11 is 0. The van der Waals surface area contributed by atoms with Gasteiger partial charge in [-0.2, -0.15) is 18.3 Å². The summed E-state index contributed by atoms with van der Waals surface area (Å²) in [6, 6.07) is 3.04. The SMILES string of the molecule is Cc1cc(C)n(CCC(=O)N2CCCC(c3cc(C(F)(F)F)c4c(C)noc4n3)C2)n1. The Morgan fingerprint density at radius 1 is 1.26 bits per heavy atom. The zero-order valence-electron chi connectivity index (χ0n) is 17.7. The fourth-order valence-corrected chi connectivity index (χ4v) is 4.25. The highest BCUT2D eigenvalue weighted by Crippen LogP contribution is 2.38. The molecule has 0 spiro atoms. The molecular weight excluding hydrogens is 411 g/mol. The van der Waals surface area contributed by atoms with Crippen LogP contribution in [0.5, 0.6) is 0 Å². The van der Waals surface area contributed by atoms with Crippen LogP contribution in [0.25, 0.3) is 11.1 Å². The Hall–Kier alpha value is -2.91. The number of alkyl halides is 3. The smallest absolute Gasteiger partial charge is 0.342 e. The van der Waals surface area contributed by atoms with Crippen molar-refractivity contribution in [2.45, 2.75) is 58.7 Å². The first kappa shape index (κ1) is 21.3. The average molecular weight is 435 g/mol. The molecule has 3 aromatic heterocycles. The number of aryl methyl sites for hydroxylation is 4. The van der Waals surface area contributed by atoms with E-state index in [1.807, 2.05) is 19.9 Å². The molecule has 1 amide bonds. The van der Waals surface area contributed by atoms with Crippen molar-refractivity contribution in [1.29, 1.82) is 0 Å². The average Bonchev–Trinajstić information content (AvgIpc) is 3.25. The number of amides is 1. The molecule has 10 heteroatoms. The van der Waals surface area contributed by atoms with Crippen LogP contribution in [0.4, 0.5) is 13.2 Å². The number of hydrogen-bond donors (Lipinski definition) is 0. The first-order valence-corrected chi connectivity index (χ1v) is 10.3. The van der Waals surface area contributed by atoms with Crippen LogP contribution in [0.2, 0.25) is 0 Å². The summed E-state index contributed by atoms with van der Waals surface area (Å²) in [5, 5.41) is 7.91. The molecule has 1 unspecified atom stereocenters. The highest BCUT2D eigenvalue weighted by molar-refractivity contribution is 5.81. The van der Waals surface area contributed by atoms with Gasteiger partial charge in [-0.15, -0.1) is 0 Å². The summed E-state index contributed by atoms with van der Waals surface area (Å²) in [6.45, 7) is 6.69. The Balaban J connectivity index is 1.52. The Bertz CT molecular complexity index is 1120. The summed E-state index contributed by atoms with van der Waals surface area (Å²) in [5.41, 5.74) is 1.42. The fraction of sp³-hybridized carbons (Fsp3) is 0.524. The van der Waals surface area contributed by atoms with E-state index in [1.54, 1.807) is 9.58 Å². The lowest BCUT2D eigenvalue weighted by Crippen LogP contribution is -2.39. The number of hydrogen-bond acceptors (Lipinski definition) is 5. The quantitative estimate of drug-likeness (QED) is 0.615. The van der Waals surface area contributed by atoms with Crippen LogP contribution in [0, 0.1) is 20.8 Å². The van der Waals surface area contributed by atoms with Crippen molar-refractivity contribution < 1.29 is 22.5 Å². The summed E-state index contributed by atoms with van der Waals surface area (Å²) in [6.07, 6.45) is -2.90. The molecule has 1 saturated heterocycles. The topological polar surface area (TPSA) is 77.0 Å². The van der Waals surface area contributed by atoms with E-state index in [4.69, 9.17) is 4.52 Å². The number of nitrogens with zero attached hydrogens (tertiary/aromatic N) is 5. The first-order valence-electron chi connectivity index (χ1n) is 10.3. The zero-order valence-corrected chi connectivity index (χ0v) is 17.7. The number of aromatic nitrogens is 4. The van der Waals surface area contributed by atoms with Crippen LogP contribution in [-0.2, 0) is 17.5 Å². The van der Waals surface area contributed by atoms with Crippen molar-refractivity contribution in [1.82, 2.24) is 24.8 Å². The zero-order chi connectivity index (χ0) is 22.3. The minimum Gasteiger partial charge on any atom is -0.342 e. The second kappa shape index (κ2) is 7.97. The van der Waals surface area contributed by atoms with E-state index in [1.165, 1.54) is 6.92 Å². The third-order valence-electron chi connectivity index (χ3n) is 5.78. The monoisotopic (exact) mass is 435 g/mol. The van der Waals surface area contributed by atoms with Gasteiger partial charge < -0.3 is 9.42 Å². The molecule has 0 aromatic carbocycles. The summed E-state index contributed by atoms with van der Waals surface area (Å²) in [5.74, 6) is -0.327. The number of carbonyl (C=O) groups excluding carboxylic acids is 1. The lowest BCUT2D eigenvalue weighted by molar-refractivity contribution is -0.136. The highest BCUT2D eigenvalue weighted by atomic mass is 19.4. The molecule has 0 bridgehead atoms. The van der Waals surface area contributed by atoms with Crippen molar-refractivity contribution >= 4 is 17.0 Å². The largest absolute Gasteiger partial charge is 0.417 e. The molecule has 0 N–H and O–H groups in total. The predicted octanol–water partition coefficient (Wildman–Crippen LogP) is 4.16. The molecule has 4 rings (SSSR count).